The van der Waals surface area contributed by atoms with E-state index in [4.69, 9.17) is 4.74 Å². The Morgan fingerprint density at radius 2 is 1.97 bits per heavy atom. The number of aromatic amines is 1. The third-order valence-electron chi connectivity index (χ3n) is 5.14. The quantitative estimate of drug-likeness (QED) is 0.376. The molecular weight excluding hydrogens is 444 g/mol. The smallest absolute Gasteiger partial charge is 0.342 e. The molecule has 0 atom stereocenters. The van der Waals surface area contributed by atoms with Crippen LogP contribution in [0.15, 0.2) is 58.8 Å². The summed E-state index contributed by atoms with van der Waals surface area (Å²) < 4.78 is 7.19. The fourth-order valence-electron chi connectivity index (χ4n) is 3.41. The highest BCUT2D eigenvalue weighted by molar-refractivity contribution is 7.18. The van der Waals surface area contributed by atoms with Gasteiger partial charge in [0.2, 0.25) is 0 Å². The lowest BCUT2D eigenvalue weighted by atomic mass is 10.2. The lowest BCUT2D eigenvalue weighted by molar-refractivity contribution is 0.0463. The fourth-order valence-corrected chi connectivity index (χ4v) is 5.18. The molecule has 9 heteroatoms. The van der Waals surface area contributed by atoms with Crippen molar-refractivity contribution in [3.8, 4) is 16.3 Å². The SMILES string of the molecule is Cc1sc2nc(COC(=O)c3cn(-c4ccccc4)nc3-c3cccs3)[nH]c(=O)c2c1C. The molecule has 32 heavy (non-hydrogen) atoms. The van der Waals surface area contributed by atoms with E-state index in [1.807, 2.05) is 61.7 Å². The second kappa shape index (κ2) is 8.18. The normalized spacial score (nSPS) is 11.2. The zero-order chi connectivity index (χ0) is 22.2. The summed E-state index contributed by atoms with van der Waals surface area (Å²) in [6.45, 7) is 3.72. The lowest BCUT2D eigenvalue weighted by Crippen LogP contribution is -2.14. The van der Waals surface area contributed by atoms with Crippen LogP contribution in [0.1, 0.15) is 26.6 Å². The van der Waals surface area contributed by atoms with Gasteiger partial charge in [0.25, 0.3) is 5.56 Å². The van der Waals surface area contributed by atoms with E-state index in [2.05, 4.69) is 15.1 Å². The molecule has 0 saturated carbocycles. The molecule has 0 aliphatic rings. The number of H-pyrrole nitrogens is 1. The maximum absolute atomic E-state index is 13.0. The Balaban J connectivity index is 1.45. The highest BCUT2D eigenvalue weighted by atomic mass is 32.1. The van der Waals surface area contributed by atoms with Gasteiger partial charge in [-0.25, -0.2) is 14.5 Å². The van der Waals surface area contributed by atoms with Gasteiger partial charge in [-0.15, -0.1) is 22.7 Å². The molecular formula is C23H18N4O3S2. The van der Waals surface area contributed by atoms with E-state index in [1.165, 1.54) is 22.7 Å². The molecule has 7 nitrogen and oxygen atoms in total. The Bertz CT molecular complexity index is 1480. The minimum Gasteiger partial charge on any atom is -0.454 e. The number of nitrogens with one attached hydrogen (secondary N) is 1. The van der Waals surface area contributed by atoms with Gasteiger partial charge in [-0.3, -0.25) is 4.79 Å². The number of carbonyl (C=O) groups excluding carboxylic acids is 1. The van der Waals surface area contributed by atoms with Crippen molar-refractivity contribution in [1.29, 1.82) is 0 Å². The molecule has 4 aromatic heterocycles. The van der Waals surface area contributed by atoms with E-state index < -0.39 is 5.97 Å². The number of fused-ring (bicyclic) bond motifs is 1. The van der Waals surface area contributed by atoms with Crippen molar-refractivity contribution >= 4 is 38.9 Å². The number of thiophene rings is 2. The Hall–Kier alpha value is -3.56. The summed E-state index contributed by atoms with van der Waals surface area (Å²) in [4.78, 5) is 35.2. The van der Waals surface area contributed by atoms with Crippen LogP contribution in [0.5, 0.6) is 0 Å². The van der Waals surface area contributed by atoms with Gasteiger partial charge in [0.15, 0.2) is 0 Å². The van der Waals surface area contributed by atoms with Gasteiger partial charge < -0.3 is 9.72 Å². The number of carbonyl (C=O) groups is 1. The number of para-hydroxylation sites is 1. The largest absolute Gasteiger partial charge is 0.454 e. The first-order chi connectivity index (χ1) is 15.5. The van der Waals surface area contributed by atoms with Crippen LogP contribution < -0.4 is 5.56 Å². The number of rotatable bonds is 5. The molecule has 0 aliphatic carbocycles. The summed E-state index contributed by atoms with van der Waals surface area (Å²) in [5.74, 6) is -0.220. The Morgan fingerprint density at radius 3 is 2.72 bits per heavy atom. The van der Waals surface area contributed by atoms with E-state index in [0.29, 0.717) is 27.3 Å². The fraction of sp³-hybridized carbons (Fsp3) is 0.130. The van der Waals surface area contributed by atoms with Crippen LogP contribution in [0.4, 0.5) is 0 Å². The van der Waals surface area contributed by atoms with Gasteiger partial charge >= 0.3 is 5.97 Å². The molecule has 4 heterocycles. The minimum absolute atomic E-state index is 0.138. The first-order valence-electron chi connectivity index (χ1n) is 9.86. The van der Waals surface area contributed by atoms with Crippen LogP contribution in [-0.2, 0) is 11.3 Å². The molecule has 1 N–H and O–H groups in total. The van der Waals surface area contributed by atoms with Gasteiger partial charge in [-0.05, 0) is 43.0 Å². The van der Waals surface area contributed by atoms with Crippen LogP contribution in [0.25, 0.3) is 26.5 Å². The molecule has 0 unspecified atom stereocenters. The van der Waals surface area contributed by atoms with Gasteiger partial charge in [-0.2, -0.15) is 5.10 Å². The Morgan fingerprint density at radius 1 is 1.16 bits per heavy atom. The summed E-state index contributed by atoms with van der Waals surface area (Å²) >= 11 is 2.95. The molecule has 0 radical (unpaired) electrons. The standard InChI is InChI=1S/C23H18N4O3S2/c1-13-14(2)32-22-19(13)21(28)24-18(25-22)12-30-23(29)16-11-27(15-7-4-3-5-8-15)26-20(16)17-9-6-10-31-17/h3-11H,12H2,1-2H3,(H,24,25,28). The van der Waals surface area contributed by atoms with E-state index in [0.717, 1.165) is 21.0 Å². The zero-order valence-corrected chi connectivity index (χ0v) is 18.9. The highest BCUT2D eigenvalue weighted by Crippen LogP contribution is 2.29. The van der Waals surface area contributed by atoms with Crippen LogP contribution in [0.3, 0.4) is 0 Å². The van der Waals surface area contributed by atoms with Crippen molar-refractivity contribution in [3.05, 3.63) is 86.2 Å². The summed E-state index contributed by atoms with van der Waals surface area (Å²) in [7, 11) is 0. The summed E-state index contributed by atoms with van der Waals surface area (Å²) in [6, 6.07) is 13.4. The number of hydrogen-bond donors (Lipinski definition) is 1. The Labute approximate surface area is 191 Å². The predicted octanol–water partition coefficient (Wildman–Crippen LogP) is 4.87. The maximum atomic E-state index is 13.0. The third-order valence-corrected chi connectivity index (χ3v) is 7.12. The first-order valence-corrected chi connectivity index (χ1v) is 11.6. The number of esters is 1. The van der Waals surface area contributed by atoms with Gasteiger partial charge in [0, 0.05) is 11.1 Å². The van der Waals surface area contributed by atoms with Crippen molar-refractivity contribution in [2.75, 3.05) is 0 Å². The summed E-state index contributed by atoms with van der Waals surface area (Å²) in [5.41, 5.74) is 2.44. The average molecular weight is 463 g/mol. The number of aryl methyl sites for hydroxylation is 2. The van der Waals surface area contributed by atoms with Crippen molar-refractivity contribution in [1.82, 2.24) is 19.7 Å². The van der Waals surface area contributed by atoms with Gasteiger partial charge in [0.1, 0.15) is 28.5 Å². The van der Waals surface area contributed by atoms with Crippen LogP contribution >= 0.6 is 22.7 Å². The molecule has 0 fully saturated rings. The topological polar surface area (TPSA) is 89.9 Å². The molecule has 160 valence electrons. The Kier molecular flexibility index (Phi) is 5.20. The number of ether oxygens (including phenoxy) is 1. The number of benzene rings is 1. The second-order valence-electron chi connectivity index (χ2n) is 7.20. The highest BCUT2D eigenvalue weighted by Gasteiger charge is 2.21. The van der Waals surface area contributed by atoms with Crippen molar-refractivity contribution in [3.63, 3.8) is 0 Å². The molecule has 0 aliphatic heterocycles. The number of nitrogens with zero attached hydrogens (tertiary/aromatic N) is 3. The van der Waals surface area contributed by atoms with E-state index in [1.54, 1.807) is 10.9 Å². The average Bonchev–Trinajstić information content (AvgIpc) is 3.52. The van der Waals surface area contributed by atoms with E-state index in [-0.39, 0.29) is 12.2 Å². The number of aromatic nitrogens is 4. The summed E-state index contributed by atoms with van der Waals surface area (Å²) in [5, 5.41) is 7.14. The molecule has 0 amide bonds. The minimum atomic E-state index is -0.531. The molecule has 0 spiro atoms. The van der Waals surface area contributed by atoms with Crippen molar-refractivity contribution in [2.45, 2.75) is 20.5 Å². The van der Waals surface area contributed by atoms with E-state index in [9.17, 15) is 9.59 Å². The lowest BCUT2D eigenvalue weighted by Gasteiger charge is -2.04. The van der Waals surface area contributed by atoms with Gasteiger partial charge in [-0.1, -0.05) is 24.3 Å². The van der Waals surface area contributed by atoms with Crippen LogP contribution in [0, 0.1) is 13.8 Å². The van der Waals surface area contributed by atoms with E-state index >= 15 is 0 Å². The van der Waals surface area contributed by atoms with Crippen LogP contribution in [-0.4, -0.2) is 25.7 Å². The predicted molar refractivity (Wildman–Crippen MR) is 126 cm³/mol. The molecule has 1 aromatic carbocycles. The molecule has 0 bridgehead atoms. The van der Waals surface area contributed by atoms with Crippen LogP contribution in [0.2, 0.25) is 0 Å². The number of hydrogen-bond acceptors (Lipinski definition) is 7. The van der Waals surface area contributed by atoms with Crippen molar-refractivity contribution in [2.24, 2.45) is 0 Å². The maximum Gasteiger partial charge on any atom is 0.342 e. The second-order valence-corrected chi connectivity index (χ2v) is 9.35. The third kappa shape index (κ3) is 3.65. The molecule has 5 aromatic rings. The molecule has 0 saturated heterocycles. The van der Waals surface area contributed by atoms with Crippen molar-refractivity contribution < 1.29 is 9.53 Å². The zero-order valence-electron chi connectivity index (χ0n) is 17.3. The van der Waals surface area contributed by atoms with Gasteiger partial charge in [0.05, 0.1) is 16.0 Å². The monoisotopic (exact) mass is 462 g/mol. The molecule has 5 rings (SSSR count). The summed E-state index contributed by atoms with van der Waals surface area (Å²) in [6.07, 6.45) is 1.66. The first kappa shape index (κ1) is 20.3.